The van der Waals surface area contributed by atoms with Crippen molar-refractivity contribution >= 4 is 29.1 Å². The monoisotopic (exact) mass is 247 g/mol. The average molecular weight is 248 g/mol. The Balaban J connectivity index is 2.95. The van der Waals surface area contributed by atoms with Crippen molar-refractivity contribution in [2.75, 3.05) is 0 Å². The molecule has 1 aromatic heterocycles. The first-order valence-electron chi connectivity index (χ1n) is 4.30. The number of carbonyl (C=O) groups is 1. The summed E-state index contributed by atoms with van der Waals surface area (Å²) in [4.78, 5) is 18.7. The lowest BCUT2D eigenvalue weighted by Crippen LogP contribution is -2.33. The largest absolute Gasteiger partial charge is 0.369 e. The molecule has 0 atom stereocenters. The van der Waals surface area contributed by atoms with Gasteiger partial charge in [-0.3, -0.25) is 4.79 Å². The van der Waals surface area contributed by atoms with Crippen LogP contribution in [-0.4, -0.2) is 15.9 Å². The molecule has 6 heteroatoms. The van der Waals surface area contributed by atoms with E-state index < -0.39 is 11.3 Å². The second-order valence-electron chi connectivity index (χ2n) is 3.88. The van der Waals surface area contributed by atoms with Crippen molar-refractivity contribution in [2.24, 2.45) is 11.1 Å². The molecule has 0 aromatic carbocycles. The van der Waals surface area contributed by atoms with Gasteiger partial charge in [-0.2, -0.15) is 0 Å². The molecule has 0 aliphatic rings. The second-order valence-corrected chi connectivity index (χ2v) is 4.58. The molecular formula is C9H11Cl2N3O. The van der Waals surface area contributed by atoms with E-state index in [1.54, 1.807) is 13.8 Å². The third-order valence-corrected chi connectivity index (χ3v) is 2.59. The predicted molar refractivity (Wildman–Crippen MR) is 58.7 cm³/mol. The van der Waals surface area contributed by atoms with E-state index in [1.165, 1.54) is 6.20 Å². The number of carbonyl (C=O) groups excluding carboxylic acids is 1. The first kappa shape index (κ1) is 12.2. The number of amides is 1. The van der Waals surface area contributed by atoms with Gasteiger partial charge in [-0.15, -0.1) is 0 Å². The molecule has 0 saturated heterocycles. The number of aromatic nitrogens is 2. The van der Waals surface area contributed by atoms with Gasteiger partial charge in [-0.25, -0.2) is 9.97 Å². The maximum atomic E-state index is 11.1. The quantitative estimate of drug-likeness (QED) is 0.655. The Morgan fingerprint density at radius 1 is 1.53 bits per heavy atom. The van der Waals surface area contributed by atoms with Crippen LogP contribution in [0.4, 0.5) is 0 Å². The molecule has 1 aromatic rings. The standard InChI is InChI=1S/C9H11Cl2N3O/c1-9(2,7(12)15)3-5-4-13-8(11)14-6(5)10/h4H,3H2,1-2H3,(H2,12,15). The molecule has 4 nitrogen and oxygen atoms in total. The molecule has 1 heterocycles. The summed E-state index contributed by atoms with van der Waals surface area (Å²) in [5, 5.41) is 0.338. The lowest BCUT2D eigenvalue weighted by atomic mass is 9.86. The number of halogens is 2. The highest BCUT2D eigenvalue weighted by atomic mass is 35.5. The Kier molecular flexibility index (Phi) is 3.52. The van der Waals surface area contributed by atoms with Gasteiger partial charge in [-0.05, 0) is 18.0 Å². The molecule has 0 aliphatic carbocycles. The van der Waals surface area contributed by atoms with Crippen LogP contribution in [0, 0.1) is 5.41 Å². The van der Waals surface area contributed by atoms with Gasteiger partial charge >= 0.3 is 0 Å². The zero-order valence-corrected chi connectivity index (χ0v) is 9.93. The van der Waals surface area contributed by atoms with Crippen molar-refractivity contribution in [3.8, 4) is 0 Å². The topological polar surface area (TPSA) is 68.9 Å². The molecule has 0 radical (unpaired) electrons. The van der Waals surface area contributed by atoms with E-state index in [0.717, 1.165) is 0 Å². The van der Waals surface area contributed by atoms with Crippen molar-refractivity contribution in [2.45, 2.75) is 20.3 Å². The zero-order chi connectivity index (χ0) is 11.6. The van der Waals surface area contributed by atoms with E-state index >= 15 is 0 Å². The van der Waals surface area contributed by atoms with E-state index in [0.29, 0.717) is 12.0 Å². The lowest BCUT2D eigenvalue weighted by molar-refractivity contribution is -0.125. The Bertz CT molecular complexity index is 393. The van der Waals surface area contributed by atoms with Crippen LogP contribution in [0.5, 0.6) is 0 Å². The summed E-state index contributed by atoms with van der Waals surface area (Å²) < 4.78 is 0. The van der Waals surface area contributed by atoms with E-state index in [4.69, 9.17) is 28.9 Å². The van der Waals surface area contributed by atoms with Gasteiger partial charge in [0, 0.05) is 17.2 Å². The highest BCUT2D eigenvalue weighted by Crippen LogP contribution is 2.25. The summed E-state index contributed by atoms with van der Waals surface area (Å²) in [5.41, 5.74) is 5.23. The molecule has 1 amide bonds. The number of hydrogen-bond donors (Lipinski definition) is 1. The summed E-state index contributed by atoms with van der Waals surface area (Å²) in [6, 6.07) is 0. The predicted octanol–water partition coefficient (Wildman–Crippen LogP) is 1.84. The fourth-order valence-electron chi connectivity index (χ4n) is 1.05. The van der Waals surface area contributed by atoms with Crippen LogP contribution in [0.2, 0.25) is 10.4 Å². The molecule has 0 unspecified atom stereocenters. The van der Waals surface area contributed by atoms with Crippen LogP contribution >= 0.6 is 23.2 Å². The first-order chi connectivity index (χ1) is 6.83. The molecule has 0 saturated carbocycles. The number of hydrogen-bond acceptors (Lipinski definition) is 3. The van der Waals surface area contributed by atoms with Crippen LogP contribution < -0.4 is 5.73 Å². The second kappa shape index (κ2) is 4.33. The minimum Gasteiger partial charge on any atom is -0.369 e. The van der Waals surface area contributed by atoms with Crippen molar-refractivity contribution in [1.82, 2.24) is 9.97 Å². The summed E-state index contributed by atoms with van der Waals surface area (Å²) in [7, 11) is 0. The minimum absolute atomic E-state index is 0.0839. The Morgan fingerprint density at radius 2 is 2.13 bits per heavy atom. The van der Waals surface area contributed by atoms with Gasteiger partial charge in [0.2, 0.25) is 11.2 Å². The molecule has 0 aliphatic heterocycles. The molecule has 82 valence electrons. The first-order valence-corrected chi connectivity index (χ1v) is 5.05. The van der Waals surface area contributed by atoms with Gasteiger partial charge in [0.1, 0.15) is 5.15 Å². The molecule has 0 fully saturated rings. The van der Waals surface area contributed by atoms with E-state index in [9.17, 15) is 4.79 Å². The highest BCUT2D eigenvalue weighted by molar-refractivity contribution is 6.32. The van der Waals surface area contributed by atoms with Crippen LogP contribution in [-0.2, 0) is 11.2 Å². The fraction of sp³-hybridized carbons (Fsp3) is 0.444. The van der Waals surface area contributed by atoms with Crippen molar-refractivity contribution in [1.29, 1.82) is 0 Å². The maximum absolute atomic E-state index is 11.1. The van der Waals surface area contributed by atoms with Crippen LogP contribution in [0.25, 0.3) is 0 Å². The summed E-state index contributed by atoms with van der Waals surface area (Å²) in [6.45, 7) is 3.47. The smallest absolute Gasteiger partial charge is 0.223 e. The molecule has 2 N–H and O–H groups in total. The van der Waals surface area contributed by atoms with Crippen molar-refractivity contribution in [3.63, 3.8) is 0 Å². The molecule has 0 spiro atoms. The zero-order valence-electron chi connectivity index (χ0n) is 8.42. The van der Waals surface area contributed by atoms with Crippen molar-refractivity contribution < 1.29 is 4.79 Å². The van der Waals surface area contributed by atoms with Gasteiger partial charge in [0.15, 0.2) is 0 Å². The fourth-order valence-corrected chi connectivity index (χ4v) is 1.42. The molecule has 0 bridgehead atoms. The van der Waals surface area contributed by atoms with Gasteiger partial charge in [0.05, 0.1) is 0 Å². The van der Waals surface area contributed by atoms with Crippen LogP contribution in [0.1, 0.15) is 19.4 Å². The minimum atomic E-state index is -0.680. The third kappa shape index (κ3) is 3.04. The maximum Gasteiger partial charge on any atom is 0.223 e. The van der Waals surface area contributed by atoms with Crippen LogP contribution in [0.15, 0.2) is 6.20 Å². The summed E-state index contributed by atoms with van der Waals surface area (Å²) in [6.07, 6.45) is 1.89. The summed E-state index contributed by atoms with van der Waals surface area (Å²) in [5.74, 6) is -0.395. The SMILES string of the molecule is CC(C)(Cc1cnc(Cl)nc1Cl)C(N)=O. The highest BCUT2D eigenvalue weighted by Gasteiger charge is 2.26. The molecule has 1 rings (SSSR count). The average Bonchev–Trinajstić information content (AvgIpc) is 2.09. The number of primary amides is 1. The normalized spacial score (nSPS) is 11.5. The Hall–Kier alpha value is -0.870. The Labute approximate surface area is 97.8 Å². The van der Waals surface area contributed by atoms with Crippen molar-refractivity contribution in [3.05, 3.63) is 22.2 Å². The summed E-state index contributed by atoms with van der Waals surface area (Å²) >= 11 is 11.4. The number of nitrogens with two attached hydrogens (primary N) is 1. The number of nitrogens with zero attached hydrogens (tertiary/aromatic N) is 2. The van der Waals surface area contributed by atoms with Gasteiger partial charge < -0.3 is 5.73 Å². The van der Waals surface area contributed by atoms with E-state index in [1.807, 2.05) is 0 Å². The molecule has 15 heavy (non-hydrogen) atoms. The molecular weight excluding hydrogens is 237 g/mol. The third-order valence-electron chi connectivity index (χ3n) is 2.08. The lowest BCUT2D eigenvalue weighted by Gasteiger charge is -2.20. The van der Waals surface area contributed by atoms with Crippen LogP contribution in [0.3, 0.4) is 0 Å². The Morgan fingerprint density at radius 3 is 2.60 bits per heavy atom. The van der Waals surface area contributed by atoms with Gasteiger partial charge in [-0.1, -0.05) is 25.4 Å². The van der Waals surface area contributed by atoms with E-state index in [2.05, 4.69) is 9.97 Å². The number of rotatable bonds is 3. The van der Waals surface area contributed by atoms with Gasteiger partial charge in [0.25, 0.3) is 0 Å². The van der Waals surface area contributed by atoms with E-state index in [-0.39, 0.29) is 10.4 Å².